The molecule has 2 N–H and O–H groups in total. The van der Waals surface area contributed by atoms with Crippen molar-refractivity contribution < 1.29 is 41.7 Å². The molecule has 2 amide bonds. The minimum absolute atomic E-state index is 0.0309. The van der Waals surface area contributed by atoms with Crippen LogP contribution in [0.2, 0.25) is 0 Å². The molecule has 7 nitrogen and oxygen atoms in total. The zero-order valence-corrected chi connectivity index (χ0v) is 16.0. The molecule has 166 valence electrons. The molecule has 3 rings (SSSR count). The highest BCUT2D eigenvalue weighted by Gasteiger charge is 2.30. The van der Waals surface area contributed by atoms with Gasteiger partial charge in [-0.05, 0) is 35.9 Å². The monoisotopic (exact) mass is 442 g/mol. The smallest absolute Gasteiger partial charge is 0.422 e. The number of benzene rings is 2. The number of aromatic hydroxyl groups is 1. The fourth-order valence-electron chi connectivity index (χ4n) is 2.97. The lowest BCUT2D eigenvalue weighted by molar-refractivity contribution is -0.159. The molecule has 1 saturated heterocycles. The summed E-state index contributed by atoms with van der Waals surface area (Å²) in [6, 6.07) is 9.11. The van der Waals surface area contributed by atoms with E-state index in [1.54, 1.807) is 12.1 Å². The molecule has 1 fully saturated rings. The molecule has 0 bridgehead atoms. The molecule has 0 aromatic heterocycles. The fourth-order valence-corrected chi connectivity index (χ4v) is 2.97. The van der Waals surface area contributed by atoms with E-state index in [0.717, 1.165) is 12.1 Å². The van der Waals surface area contributed by atoms with Crippen LogP contribution < -0.4 is 5.32 Å². The van der Waals surface area contributed by atoms with Gasteiger partial charge in [0.2, 0.25) is 0 Å². The number of anilines is 1. The first-order valence-electron chi connectivity index (χ1n) is 9.12. The number of halogens is 4. The molecule has 2 aromatic carbocycles. The van der Waals surface area contributed by atoms with Crippen molar-refractivity contribution >= 4 is 17.7 Å². The SMILES string of the molecule is O=C(Nc1ccc(O)c(C(=O)N2CCOC(c3ccc(F)cc3)C2)c1)OCC(F)(F)F. The quantitative estimate of drug-likeness (QED) is 0.555. The highest BCUT2D eigenvalue weighted by molar-refractivity contribution is 5.98. The zero-order valence-electron chi connectivity index (χ0n) is 16.0. The second-order valence-electron chi connectivity index (χ2n) is 6.71. The van der Waals surface area contributed by atoms with Crippen LogP contribution in [0, 0.1) is 5.82 Å². The van der Waals surface area contributed by atoms with Crippen LogP contribution in [0.3, 0.4) is 0 Å². The molecule has 0 radical (unpaired) electrons. The van der Waals surface area contributed by atoms with E-state index >= 15 is 0 Å². The average molecular weight is 442 g/mol. The molecule has 1 atom stereocenters. The Labute approximate surface area is 174 Å². The van der Waals surface area contributed by atoms with Gasteiger partial charge in [0, 0.05) is 12.2 Å². The Morgan fingerprint density at radius 1 is 1.19 bits per heavy atom. The number of ether oxygens (including phenoxy) is 2. The molecule has 1 aliphatic rings. The van der Waals surface area contributed by atoms with Crippen molar-refractivity contribution in [3.05, 3.63) is 59.4 Å². The van der Waals surface area contributed by atoms with Gasteiger partial charge < -0.3 is 19.5 Å². The van der Waals surface area contributed by atoms with Crippen LogP contribution in [-0.4, -0.2) is 54.5 Å². The van der Waals surface area contributed by atoms with Gasteiger partial charge in [-0.15, -0.1) is 0 Å². The van der Waals surface area contributed by atoms with Gasteiger partial charge in [0.1, 0.15) is 17.7 Å². The lowest BCUT2D eigenvalue weighted by Gasteiger charge is -2.33. The number of nitrogens with one attached hydrogen (secondary N) is 1. The number of alkyl halides is 3. The summed E-state index contributed by atoms with van der Waals surface area (Å²) in [6.45, 7) is -1.20. The highest BCUT2D eigenvalue weighted by Crippen LogP contribution is 2.27. The summed E-state index contributed by atoms with van der Waals surface area (Å²) in [5.41, 5.74) is 0.482. The van der Waals surface area contributed by atoms with Crippen LogP contribution in [0.15, 0.2) is 42.5 Å². The third-order valence-electron chi connectivity index (χ3n) is 4.44. The van der Waals surface area contributed by atoms with Gasteiger partial charge in [0.05, 0.1) is 18.7 Å². The van der Waals surface area contributed by atoms with E-state index in [0.29, 0.717) is 5.56 Å². The van der Waals surface area contributed by atoms with Crippen LogP contribution in [-0.2, 0) is 9.47 Å². The maximum absolute atomic E-state index is 13.1. The van der Waals surface area contributed by atoms with Crippen LogP contribution in [0.25, 0.3) is 0 Å². The molecule has 0 aliphatic carbocycles. The molecular weight excluding hydrogens is 424 g/mol. The Hall–Kier alpha value is -3.34. The first-order valence-corrected chi connectivity index (χ1v) is 9.12. The molecule has 0 saturated carbocycles. The van der Waals surface area contributed by atoms with Crippen LogP contribution in [0.5, 0.6) is 5.75 Å². The number of rotatable bonds is 4. The number of phenols is 1. The Morgan fingerprint density at radius 3 is 2.58 bits per heavy atom. The largest absolute Gasteiger partial charge is 0.507 e. The second-order valence-corrected chi connectivity index (χ2v) is 6.71. The van der Waals surface area contributed by atoms with Crippen molar-refractivity contribution in [3.63, 3.8) is 0 Å². The number of hydrogen-bond acceptors (Lipinski definition) is 5. The van der Waals surface area contributed by atoms with E-state index in [-0.39, 0.29) is 36.7 Å². The lowest BCUT2D eigenvalue weighted by atomic mass is 10.1. The first kappa shape index (κ1) is 22.3. The van der Waals surface area contributed by atoms with E-state index < -0.39 is 36.7 Å². The number of carbonyl (C=O) groups is 2. The third-order valence-corrected chi connectivity index (χ3v) is 4.44. The molecule has 1 heterocycles. The van der Waals surface area contributed by atoms with E-state index in [4.69, 9.17) is 4.74 Å². The molecule has 11 heteroatoms. The van der Waals surface area contributed by atoms with Gasteiger partial charge in [-0.25, -0.2) is 9.18 Å². The number of nitrogens with zero attached hydrogens (tertiary/aromatic N) is 1. The number of carbonyl (C=O) groups excluding carboxylic acids is 2. The Morgan fingerprint density at radius 2 is 1.90 bits per heavy atom. The van der Waals surface area contributed by atoms with Crippen molar-refractivity contribution in [1.29, 1.82) is 0 Å². The van der Waals surface area contributed by atoms with Gasteiger partial charge in [-0.2, -0.15) is 13.2 Å². The Kier molecular flexibility index (Phi) is 6.64. The minimum Gasteiger partial charge on any atom is -0.507 e. The summed E-state index contributed by atoms with van der Waals surface area (Å²) in [7, 11) is 0. The van der Waals surface area contributed by atoms with E-state index in [2.05, 4.69) is 10.1 Å². The summed E-state index contributed by atoms with van der Waals surface area (Å²) >= 11 is 0. The highest BCUT2D eigenvalue weighted by atomic mass is 19.4. The van der Waals surface area contributed by atoms with Crippen LogP contribution >= 0.6 is 0 Å². The van der Waals surface area contributed by atoms with Gasteiger partial charge in [-0.3, -0.25) is 10.1 Å². The number of hydrogen-bond donors (Lipinski definition) is 2. The molecular formula is C20H18F4N2O5. The van der Waals surface area contributed by atoms with Gasteiger partial charge in [-0.1, -0.05) is 12.1 Å². The third kappa shape index (κ3) is 6.07. The summed E-state index contributed by atoms with van der Waals surface area (Å²) in [5.74, 6) is -1.35. The van der Waals surface area contributed by atoms with Crippen molar-refractivity contribution in [1.82, 2.24) is 4.90 Å². The maximum atomic E-state index is 13.1. The number of amides is 2. The van der Waals surface area contributed by atoms with E-state index in [9.17, 15) is 32.3 Å². The lowest BCUT2D eigenvalue weighted by Crippen LogP contribution is -2.42. The van der Waals surface area contributed by atoms with Gasteiger partial charge in [0.15, 0.2) is 6.61 Å². The Balaban J connectivity index is 1.69. The second kappa shape index (κ2) is 9.21. The standard InChI is InChI=1S/C20H18F4N2O5/c21-13-3-1-12(2-4-13)17-10-26(7-8-30-17)18(28)15-9-14(5-6-16(15)27)25-19(29)31-11-20(22,23)24/h1-6,9,17,27H,7-8,10-11H2,(H,25,29). The molecule has 31 heavy (non-hydrogen) atoms. The topological polar surface area (TPSA) is 88.1 Å². The van der Waals surface area contributed by atoms with Crippen LogP contribution in [0.1, 0.15) is 22.0 Å². The van der Waals surface area contributed by atoms with Crippen LogP contribution in [0.4, 0.5) is 28.0 Å². The predicted molar refractivity (Wildman–Crippen MR) is 100 cm³/mol. The predicted octanol–water partition coefficient (Wildman–Crippen LogP) is 3.86. The van der Waals surface area contributed by atoms with Crippen molar-refractivity contribution in [2.45, 2.75) is 12.3 Å². The fraction of sp³-hybridized carbons (Fsp3) is 0.300. The summed E-state index contributed by atoms with van der Waals surface area (Å²) in [4.78, 5) is 25.8. The maximum Gasteiger partial charge on any atom is 0.422 e. The number of phenolic OH excluding ortho intramolecular Hbond substituents is 1. The van der Waals surface area contributed by atoms with Crippen molar-refractivity contribution in [2.75, 3.05) is 31.6 Å². The average Bonchev–Trinajstić information content (AvgIpc) is 2.73. The van der Waals surface area contributed by atoms with Crippen molar-refractivity contribution in [3.8, 4) is 5.75 Å². The molecule has 0 spiro atoms. The summed E-state index contributed by atoms with van der Waals surface area (Å²) in [5, 5.41) is 12.2. The van der Waals surface area contributed by atoms with Gasteiger partial charge in [0.25, 0.3) is 5.91 Å². The van der Waals surface area contributed by atoms with E-state index in [1.807, 2.05) is 0 Å². The number of morpholine rings is 1. The first-order chi connectivity index (χ1) is 14.6. The van der Waals surface area contributed by atoms with E-state index in [1.165, 1.54) is 23.1 Å². The van der Waals surface area contributed by atoms with Gasteiger partial charge >= 0.3 is 12.3 Å². The zero-order chi connectivity index (χ0) is 22.6. The Bertz CT molecular complexity index is 950. The van der Waals surface area contributed by atoms with Crippen molar-refractivity contribution in [2.24, 2.45) is 0 Å². The molecule has 2 aromatic rings. The normalized spacial score (nSPS) is 16.6. The summed E-state index contributed by atoms with van der Waals surface area (Å²) < 4.78 is 59.2. The molecule has 1 unspecified atom stereocenters. The minimum atomic E-state index is -4.68. The summed E-state index contributed by atoms with van der Waals surface area (Å²) in [6.07, 6.45) is -6.53. The molecule has 1 aliphatic heterocycles.